The van der Waals surface area contributed by atoms with Crippen LogP contribution in [0.1, 0.15) is 26.2 Å². The van der Waals surface area contributed by atoms with Crippen LogP contribution in [0.15, 0.2) is 0 Å². The van der Waals surface area contributed by atoms with E-state index in [1.54, 1.807) is 11.9 Å². The van der Waals surface area contributed by atoms with Crippen molar-refractivity contribution in [2.45, 2.75) is 31.7 Å². The van der Waals surface area contributed by atoms with Gasteiger partial charge in [-0.3, -0.25) is 4.79 Å². The lowest BCUT2D eigenvalue weighted by molar-refractivity contribution is -0.133. The monoisotopic (exact) mass is 157 g/mol. The molecule has 0 aromatic heterocycles. The minimum Gasteiger partial charge on any atom is -0.394 e. The fourth-order valence-corrected chi connectivity index (χ4v) is 1.25. The van der Waals surface area contributed by atoms with E-state index in [2.05, 4.69) is 0 Å². The zero-order valence-electron chi connectivity index (χ0n) is 7.13. The summed E-state index contributed by atoms with van der Waals surface area (Å²) in [5.74, 6) is 0.122. The fraction of sp³-hybridized carbons (Fsp3) is 0.875. The summed E-state index contributed by atoms with van der Waals surface area (Å²) in [5, 5.41) is 8.98. The lowest BCUT2D eigenvalue weighted by Gasteiger charge is -2.25. The highest BCUT2D eigenvalue weighted by Crippen LogP contribution is 2.40. The standard InChI is InChI=1S/C8H15NO2/c1-3-7(11)9(2)8(6-10)4-5-8/h10H,3-6H2,1-2H3. The fourth-order valence-electron chi connectivity index (χ4n) is 1.25. The Morgan fingerprint density at radius 2 is 2.18 bits per heavy atom. The molecule has 1 fully saturated rings. The van der Waals surface area contributed by atoms with Crippen LogP contribution in [-0.2, 0) is 4.79 Å². The summed E-state index contributed by atoms with van der Waals surface area (Å²) in [7, 11) is 1.77. The molecule has 0 saturated heterocycles. The maximum Gasteiger partial charge on any atom is 0.222 e. The number of nitrogens with zero attached hydrogens (tertiary/aromatic N) is 1. The Morgan fingerprint density at radius 1 is 1.64 bits per heavy atom. The first-order chi connectivity index (χ1) is 5.16. The molecule has 1 aliphatic carbocycles. The molecule has 1 N–H and O–H groups in total. The molecule has 3 nitrogen and oxygen atoms in total. The number of carbonyl (C=O) groups is 1. The van der Waals surface area contributed by atoms with Crippen molar-refractivity contribution in [2.75, 3.05) is 13.7 Å². The van der Waals surface area contributed by atoms with Crippen molar-refractivity contribution in [1.29, 1.82) is 0 Å². The van der Waals surface area contributed by atoms with Crippen molar-refractivity contribution in [3.8, 4) is 0 Å². The first-order valence-electron chi connectivity index (χ1n) is 4.04. The van der Waals surface area contributed by atoms with Crippen LogP contribution in [0, 0.1) is 0 Å². The Morgan fingerprint density at radius 3 is 2.45 bits per heavy atom. The van der Waals surface area contributed by atoms with E-state index in [-0.39, 0.29) is 18.1 Å². The molecule has 0 heterocycles. The van der Waals surface area contributed by atoms with Crippen LogP contribution in [0.3, 0.4) is 0 Å². The van der Waals surface area contributed by atoms with Gasteiger partial charge in [-0.05, 0) is 12.8 Å². The largest absolute Gasteiger partial charge is 0.394 e. The summed E-state index contributed by atoms with van der Waals surface area (Å²) in [6.07, 6.45) is 2.43. The lowest BCUT2D eigenvalue weighted by Crippen LogP contribution is -2.41. The van der Waals surface area contributed by atoms with Gasteiger partial charge in [-0.1, -0.05) is 6.92 Å². The summed E-state index contributed by atoms with van der Waals surface area (Å²) in [5.41, 5.74) is -0.187. The molecular weight excluding hydrogens is 142 g/mol. The molecule has 1 rings (SSSR count). The highest BCUT2D eigenvalue weighted by atomic mass is 16.3. The van der Waals surface area contributed by atoms with E-state index >= 15 is 0 Å². The second-order valence-electron chi connectivity index (χ2n) is 3.19. The van der Waals surface area contributed by atoms with E-state index in [4.69, 9.17) is 5.11 Å². The maximum absolute atomic E-state index is 11.2. The maximum atomic E-state index is 11.2. The van der Waals surface area contributed by atoms with Crippen LogP contribution in [-0.4, -0.2) is 35.1 Å². The number of amides is 1. The Labute approximate surface area is 67.0 Å². The lowest BCUT2D eigenvalue weighted by atomic mass is 10.2. The third-order valence-corrected chi connectivity index (χ3v) is 2.51. The molecular formula is C8H15NO2. The van der Waals surface area contributed by atoms with E-state index in [1.165, 1.54) is 0 Å². The van der Waals surface area contributed by atoms with Gasteiger partial charge in [0.05, 0.1) is 12.1 Å². The van der Waals surface area contributed by atoms with Gasteiger partial charge < -0.3 is 10.0 Å². The van der Waals surface area contributed by atoms with Gasteiger partial charge in [-0.15, -0.1) is 0 Å². The zero-order valence-corrected chi connectivity index (χ0v) is 7.13. The number of aliphatic hydroxyl groups excluding tert-OH is 1. The Balaban J connectivity index is 2.53. The second-order valence-corrected chi connectivity index (χ2v) is 3.19. The highest BCUT2D eigenvalue weighted by molar-refractivity contribution is 5.76. The van der Waals surface area contributed by atoms with Crippen LogP contribution in [0.4, 0.5) is 0 Å². The predicted molar refractivity (Wildman–Crippen MR) is 42.1 cm³/mol. The van der Waals surface area contributed by atoms with E-state index < -0.39 is 0 Å². The molecule has 0 atom stereocenters. The molecule has 0 unspecified atom stereocenters. The number of carbonyl (C=O) groups excluding carboxylic acids is 1. The molecule has 1 saturated carbocycles. The quantitative estimate of drug-likeness (QED) is 0.643. The number of hydrogen-bond donors (Lipinski definition) is 1. The van der Waals surface area contributed by atoms with Gasteiger partial charge >= 0.3 is 0 Å². The topological polar surface area (TPSA) is 40.5 Å². The predicted octanol–water partition coefficient (Wildman–Crippen LogP) is 0.380. The second kappa shape index (κ2) is 2.81. The molecule has 11 heavy (non-hydrogen) atoms. The summed E-state index contributed by atoms with van der Waals surface area (Å²) in [6.45, 7) is 1.95. The van der Waals surface area contributed by atoms with Crippen molar-refractivity contribution in [3.05, 3.63) is 0 Å². The van der Waals surface area contributed by atoms with E-state index in [0.29, 0.717) is 6.42 Å². The van der Waals surface area contributed by atoms with Gasteiger partial charge in [-0.2, -0.15) is 0 Å². The molecule has 64 valence electrons. The molecule has 0 bridgehead atoms. The van der Waals surface area contributed by atoms with Gasteiger partial charge in [0.1, 0.15) is 0 Å². The highest BCUT2D eigenvalue weighted by Gasteiger charge is 2.47. The SMILES string of the molecule is CCC(=O)N(C)C1(CO)CC1. The Bertz CT molecular complexity index is 163. The van der Waals surface area contributed by atoms with Gasteiger partial charge in [0.25, 0.3) is 0 Å². The van der Waals surface area contributed by atoms with Crippen LogP contribution in [0.2, 0.25) is 0 Å². The third-order valence-electron chi connectivity index (χ3n) is 2.51. The van der Waals surface area contributed by atoms with Crippen LogP contribution < -0.4 is 0 Å². The van der Waals surface area contributed by atoms with Crippen LogP contribution in [0.25, 0.3) is 0 Å². The summed E-state index contributed by atoms with van der Waals surface area (Å²) < 4.78 is 0. The number of rotatable bonds is 3. The summed E-state index contributed by atoms with van der Waals surface area (Å²) >= 11 is 0. The molecule has 1 amide bonds. The van der Waals surface area contributed by atoms with Gasteiger partial charge in [-0.25, -0.2) is 0 Å². The smallest absolute Gasteiger partial charge is 0.222 e. The molecule has 0 aromatic carbocycles. The van der Waals surface area contributed by atoms with Crippen molar-refractivity contribution in [3.63, 3.8) is 0 Å². The first-order valence-corrected chi connectivity index (χ1v) is 4.04. The van der Waals surface area contributed by atoms with Crippen molar-refractivity contribution >= 4 is 5.91 Å². The van der Waals surface area contributed by atoms with E-state index in [9.17, 15) is 4.79 Å². The van der Waals surface area contributed by atoms with Crippen molar-refractivity contribution in [1.82, 2.24) is 4.90 Å². The normalized spacial score (nSPS) is 19.5. The molecule has 0 aliphatic heterocycles. The van der Waals surface area contributed by atoms with Gasteiger partial charge in [0.2, 0.25) is 5.91 Å². The zero-order chi connectivity index (χ0) is 8.48. The molecule has 0 aromatic rings. The molecule has 0 spiro atoms. The number of likely N-dealkylation sites (N-methyl/N-ethyl adjacent to an activating group) is 1. The molecule has 0 radical (unpaired) electrons. The average molecular weight is 157 g/mol. The van der Waals surface area contributed by atoms with Crippen molar-refractivity contribution < 1.29 is 9.90 Å². The van der Waals surface area contributed by atoms with Crippen LogP contribution >= 0.6 is 0 Å². The van der Waals surface area contributed by atoms with E-state index in [1.807, 2.05) is 6.92 Å². The first kappa shape index (κ1) is 8.53. The third kappa shape index (κ3) is 1.38. The number of aliphatic hydroxyl groups is 1. The summed E-state index contributed by atoms with van der Waals surface area (Å²) in [4.78, 5) is 12.9. The molecule has 1 aliphatic rings. The Hall–Kier alpha value is -0.570. The minimum absolute atomic E-state index is 0.106. The number of hydrogen-bond acceptors (Lipinski definition) is 2. The Kier molecular flexibility index (Phi) is 2.18. The van der Waals surface area contributed by atoms with E-state index in [0.717, 1.165) is 12.8 Å². The molecule has 3 heteroatoms. The van der Waals surface area contributed by atoms with Gasteiger partial charge in [0.15, 0.2) is 0 Å². The average Bonchev–Trinajstić information content (AvgIpc) is 2.82. The summed E-state index contributed by atoms with van der Waals surface area (Å²) in [6, 6.07) is 0. The van der Waals surface area contributed by atoms with Crippen molar-refractivity contribution in [2.24, 2.45) is 0 Å². The minimum atomic E-state index is -0.187. The van der Waals surface area contributed by atoms with Gasteiger partial charge in [0, 0.05) is 13.5 Å². The van der Waals surface area contributed by atoms with Crippen LogP contribution in [0.5, 0.6) is 0 Å².